The molecule has 20 heavy (non-hydrogen) atoms. The summed E-state index contributed by atoms with van der Waals surface area (Å²) in [6.45, 7) is 6.81. The number of alkyl halides is 1. The molecule has 1 unspecified atom stereocenters. The lowest BCUT2D eigenvalue weighted by atomic mass is 10.0. The summed E-state index contributed by atoms with van der Waals surface area (Å²) in [7, 11) is -2.93. The van der Waals surface area contributed by atoms with Gasteiger partial charge in [0.15, 0.2) is 9.84 Å². The molecule has 4 heteroatoms. The molecule has 0 saturated carbocycles. The zero-order valence-electron chi connectivity index (χ0n) is 12.4. The van der Waals surface area contributed by atoms with Crippen LogP contribution in [0.5, 0.6) is 0 Å². The molecule has 0 spiro atoms. The molecule has 0 aliphatic carbocycles. The van der Waals surface area contributed by atoms with E-state index < -0.39 is 9.84 Å². The van der Waals surface area contributed by atoms with Crippen LogP contribution in [0.25, 0.3) is 0 Å². The number of sulfone groups is 1. The molecule has 114 valence electrons. The molecule has 0 heterocycles. The van der Waals surface area contributed by atoms with Crippen molar-refractivity contribution in [3.05, 3.63) is 48.6 Å². The Kier molecular flexibility index (Phi) is 9.99. The van der Waals surface area contributed by atoms with Crippen LogP contribution in [0.3, 0.4) is 0 Å². The van der Waals surface area contributed by atoms with Crippen molar-refractivity contribution in [2.45, 2.75) is 26.7 Å². The van der Waals surface area contributed by atoms with Crippen LogP contribution in [-0.2, 0) is 9.84 Å². The normalized spacial score (nSPS) is 15.1. The van der Waals surface area contributed by atoms with E-state index in [2.05, 4.69) is 6.58 Å². The molecule has 0 aliphatic heterocycles. The van der Waals surface area contributed by atoms with Crippen molar-refractivity contribution in [3.8, 4) is 0 Å². The molecule has 2 nitrogen and oxygen atoms in total. The van der Waals surface area contributed by atoms with Crippen LogP contribution in [0.15, 0.2) is 48.6 Å². The third-order valence-corrected chi connectivity index (χ3v) is 4.32. The second-order valence-electron chi connectivity index (χ2n) is 4.75. The van der Waals surface area contributed by atoms with E-state index in [1.807, 2.05) is 31.2 Å². The lowest BCUT2D eigenvalue weighted by molar-refractivity contribution is 0.382. The van der Waals surface area contributed by atoms with Gasteiger partial charge in [-0.25, -0.2) is 8.42 Å². The number of halogens is 1. The van der Waals surface area contributed by atoms with E-state index in [1.165, 1.54) is 0 Å². The monoisotopic (exact) mass is 300 g/mol. The van der Waals surface area contributed by atoms with Crippen LogP contribution in [0.2, 0.25) is 0 Å². The summed E-state index contributed by atoms with van der Waals surface area (Å²) in [4.78, 5) is 0. The maximum Gasteiger partial charge on any atom is 0.153 e. The van der Waals surface area contributed by atoms with E-state index in [1.54, 1.807) is 19.1 Å². The molecule has 0 bridgehead atoms. The first-order valence-electron chi connectivity index (χ1n) is 6.84. The molecule has 0 radical (unpaired) electrons. The van der Waals surface area contributed by atoms with Crippen LogP contribution >= 0.6 is 0 Å². The molecule has 0 aliphatic rings. The Morgan fingerprint density at radius 2 is 2.00 bits per heavy atom. The minimum atomic E-state index is -2.93. The maximum absolute atomic E-state index is 12.5. The summed E-state index contributed by atoms with van der Waals surface area (Å²) in [5, 5.41) is 0. The van der Waals surface area contributed by atoms with Crippen molar-refractivity contribution in [1.29, 1.82) is 0 Å². The van der Waals surface area contributed by atoms with Crippen molar-refractivity contribution in [2.75, 3.05) is 18.2 Å². The summed E-state index contributed by atoms with van der Waals surface area (Å²) in [5.41, 5.74) is 1.03. The molecule has 0 saturated heterocycles. The first-order chi connectivity index (χ1) is 9.45. The topological polar surface area (TPSA) is 34.1 Å². The maximum atomic E-state index is 12.5. The average molecular weight is 300 g/mol. The Hall–Kier alpha value is -1.16. The van der Waals surface area contributed by atoms with E-state index in [-0.39, 0.29) is 24.1 Å². The van der Waals surface area contributed by atoms with Crippen molar-refractivity contribution in [1.82, 2.24) is 0 Å². The van der Waals surface area contributed by atoms with Gasteiger partial charge in [-0.05, 0) is 24.3 Å². The van der Waals surface area contributed by atoms with Gasteiger partial charge in [0, 0.05) is 5.75 Å². The van der Waals surface area contributed by atoms with E-state index in [4.69, 9.17) is 0 Å². The highest BCUT2D eigenvalue weighted by atomic mass is 32.2. The predicted molar refractivity (Wildman–Crippen MR) is 85.3 cm³/mol. The third kappa shape index (κ3) is 9.73. The minimum absolute atomic E-state index is 0.00362. The Morgan fingerprint density at radius 3 is 2.55 bits per heavy atom. The zero-order chi connectivity index (χ0) is 15.4. The summed E-state index contributed by atoms with van der Waals surface area (Å²) < 4.78 is 35.0. The first kappa shape index (κ1) is 18.8. The van der Waals surface area contributed by atoms with Crippen molar-refractivity contribution >= 4 is 9.84 Å². The number of hydrogen-bond donors (Lipinski definition) is 0. The fourth-order valence-electron chi connectivity index (χ4n) is 1.53. The lowest BCUT2D eigenvalue weighted by Crippen LogP contribution is -2.05. The number of allylic oxidation sites excluding steroid dienone is 6. The van der Waals surface area contributed by atoms with Gasteiger partial charge in [0.25, 0.3) is 0 Å². The molecule has 0 fully saturated rings. The van der Waals surface area contributed by atoms with Gasteiger partial charge in [0.2, 0.25) is 0 Å². The van der Waals surface area contributed by atoms with Gasteiger partial charge in [-0.1, -0.05) is 56.9 Å². The van der Waals surface area contributed by atoms with Gasteiger partial charge in [0.05, 0.1) is 12.4 Å². The van der Waals surface area contributed by atoms with E-state index in [9.17, 15) is 12.8 Å². The van der Waals surface area contributed by atoms with Crippen molar-refractivity contribution in [3.63, 3.8) is 0 Å². The van der Waals surface area contributed by atoms with Gasteiger partial charge in [0.1, 0.15) is 0 Å². The average Bonchev–Trinajstić information content (AvgIpc) is 2.42. The molecular weight excluding hydrogens is 275 g/mol. The van der Waals surface area contributed by atoms with Gasteiger partial charge in [-0.15, -0.1) is 0 Å². The second kappa shape index (κ2) is 10.6. The van der Waals surface area contributed by atoms with Crippen LogP contribution in [0.1, 0.15) is 26.7 Å². The number of rotatable bonds is 10. The van der Waals surface area contributed by atoms with Gasteiger partial charge < -0.3 is 0 Å². The Balaban J connectivity index is 4.29. The van der Waals surface area contributed by atoms with E-state index >= 15 is 0 Å². The molecule has 0 amide bonds. The Labute approximate surface area is 122 Å². The molecule has 1 atom stereocenters. The van der Waals surface area contributed by atoms with E-state index in [0.717, 1.165) is 5.57 Å². The zero-order valence-corrected chi connectivity index (χ0v) is 13.2. The first-order valence-corrected chi connectivity index (χ1v) is 8.66. The third-order valence-electron chi connectivity index (χ3n) is 2.74. The van der Waals surface area contributed by atoms with Gasteiger partial charge in [-0.2, -0.15) is 0 Å². The van der Waals surface area contributed by atoms with Crippen LogP contribution < -0.4 is 0 Å². The SMILES string of the molecule is C=C/C=C(\C=C/C/C=C/CS(=O)(=O)CC)CC(C)CF. The van der Waals surface area contributed by atoms with Crippen molar-refractivity contribution < 1.29 is 12.8 Å². The fourth-order valence-corrected chi connectivity index (χ4v) is 2.19. The highest BCUT2D eigenvalue weighted by molar-refractivity contribution is 7.91. The highest BCUT2D eigenvalue weighted by Crippen LogP contribution is 2.13. The Morgan fingerprint density at radius 1 is 1.30 bits per heavy atom. The summed E-state index contributed by atoms with van der Waals surface area (Å²) >= 11 is 0. The van der Waals surface area contributed by atoms with Gasteiger partial charge in [-0.3, -0.25) is 4.39 Å². The standard InChI is InChI=1S/C16H25FO2S/c1-4-10-16(13-15(3)14-17)11-8-6-7-9-12-20(18,19)5-2/h4,7-11,15H,1,5-6,12-14H2,2-3H3/b9-7+,11-8-,16-10+. The largest absolute Gasteiger partial charge is 0.251 e. The van der Waals surface area contributed by atoms with Crippen LogP contribution in [0, 0.1) is 5.92 Å². The van der Waals surface area contributed by atoms with E-state index in [0.29, 0.717) is 12.8 Å². The quantitative estimate of drug-likeness (QED) is 0.451. The Bertz CT molecular complexity index is 459. The highest BCUT2D eigenvalue weighted by Gasteiger charge is 2.03. The molecular formula is C16H25FO2S. The summed E-state index contributed by atoms with van der Waals surface area (Å²) in [6.07, 6.45) is 12.3. The second-order valence-corrected chi connectivity index (χ2v) is 7.15. The van der Waals surface area contributed by atoms with Crippen LogP contribution in [0.4, 0.5) is 4.39 Å². The number of hydrogen-bond acceptors (Lipinski definition) is 2. The lowest BCUT2D eigenvalue weighted by Gasteiger charge is -2.06. The smallest absolute Gasteiger partial charge is 0.153 e. The summed E-state index contributed by atoms with van der Waals surface area (Å²) in [6, 6.07) is 0. The molecule has 0 aromatic heterocycles. The summed E-state index contributed by atoms with van der Waals surface area (Å²) in [5.74, 6) is 0.252. The van der Waals surface area contributed by atoms with Crippen molar-refractivity contribution in [2.24, 2.45) is 5.92 Å². The fraction of sp³-hybridized carbons (Fsp3) is 0.500. The predicted octanol–water partition coefficient (Wildman–Crippen LogP) is 4.03. The molecule has 0 aromatic rings. The molecule has 0 rings (SSSR count). The van der Waals surface area contributed by atoms with Crippen LogP contribution in [-0.4, -0.2) is 26.6 Å². The molecule has 0 aromatic carbocycles. The molecule has 0 N–H and O–H groups in total. The van der Waals surface area contributed by atoms with Gasteiger partial charge >= 0.3 is 0 Å². The minimum Gasteiger partial charge on any atom is -0.251 e.